The number of imidazole rings is 1. The lowest BCUT2D eigenvalue weighted by atomic mass is 10.00. The van der Waals surface area contributed by atoms with E-state index in [-0.39, 0.29) is 6.10 Å². The van der Waals surface area contributed by atoms with Crippen LogP contribution >= 0.6 is 0 Å². The quantitative estimate of drug-likeness (QED) is 0.895. The van der Waals surface area contributed by atoms with Gasteiger partial charge in [0.2, 0.25) is 0 Å². The zero-order valence-electron chi connectivity index (χ0n) is 12.0. The van der Waals surface area contributed by atoms with Crippen molar-refractivity contribution in [2.75, 3.05) is 20.2 Å². The van der Waals surface area contributed by atoms with E-state index in [1.807, 2.05) is 25.5 Å². The number of nitrogens with zero attached hydrogens (tertiary/aromatic N) is 4. The number of hydrogen-bond acceptors (Lipinski definition) is 4. The molecule has 3 heterocycles. The maximum absolute atomic E-state index is 5.90. The van der Waals surface area contributed by atoms with Gasteiger partial charge in [0.1, 0.15) is 11.9 Å². The molecule has 0 bridgehead atoms. The summed E-state index contributed by atoms with van der Waals surface area (Å²) >= 11 is 0. The molecule has 0 amide bonds. The van der Waals surface area contributed by atoms with Crippen LogP contribution < -0.4 is 0 Å². The fourth-order valence-corrected chi connectivity index (χ4v) is 2.89. The Morgan fingerprint density at radius 1 is 1.50 bits per heavy atom. The van der Waals surface area contributed by atoms with E-state index in [1.165, 1.54) is 0 Å². The van der Waals surface area contributed by atoms with Crippen molar-refractivity contribution >= 4 is 0 Å². The van der Waals surface area contributed by atoms with Gasteiger partial charge in [0.25, 0.3) is 0 Å². The molecule has 1 aliphatic heterocycles. The van der Waals surface area contributed by atoms with Gasteiger partial charge in [0, 0.05) is 56.9 Å². The van der Waals surface area contributed by atoms with Crippen molar-refractivity contribution in [1.29, 1.82) is 0 Å². The molecular formula is C14H21N5O. The molecule has 0 aromatic carbocycles. The van der Waals surface area contributed by atoms with Crippen LogP contribution in [0.1, 0.15) is 24.0 Å². The second-order valence-corrected chi connectivity index (χ2v) is 5.52. The van der Waals surface area contributed by atoms with Gasteiger partial charge >= 0.3 is 0 Å². The van der Waals surface area contributed by atoms with Crippen molar-refractivity contribution in [3.63, 3.8) is 0 Å². The molecule has 3 rings (SSSR count). The smallest absolute Gasteiger partial charge is 0.137 e. The predicted octanol–water partition coefficient (Wildman–Crippen LogP) is 1.35. The molecule has 108 valence electrons. The third kappa shape index (κ3) is 2.76. The largest absolute Gasteiger partial charge is 0.370 e. The van der Waals surface area contributed by atoms with Crippen molar-refractivity contribution < 1.29 is 4.74 Å². The van der Waals surface area contributed by atoms with E-state index in [0.717, 1.165) is 37.6 Å². The van der Waals surface area contributed by atoms with Gasteiger partial charge in [-0.05, 0) is 19.5 Å². The Morgan fingerprint density at radius 3 is 3.10 bits per heavy atom. The number of aromatic amines is 1. The third-order valence-corrected chi connectivity index (χ3v) is 3.87. The van der Waals surface area contributed by atoms with Gasteiger partial charge in [-0.15, -0.1) is 0 Å². The molecule has 6 heteroatoms. The normalized spacial score (nSPS) is 22.8. The summed E-state index contributed by atoms with van der Waals surface area (Å²) in [5, 5.41) is 6.99. The Balaban J connectivity index is 1.63. The molecule has 0 unspecified atom stereocenters. The van der Waals surface area contributed by atoms with Crippen molar-refractivity contribution in [3.8, 4) is 0 Å². The number of ether oxygens (including phenoxy) is 1. The van der Waals surface area contributed by atoms with E-state index >= 15 is 0 Å². The predicted molar refractivity (Wildman–Crippen MR) is 74.9 cm³/mol. The van der Waals surface area contributed by atoms with Crippen LogP contribution in [0.5, 0.6) is 0 Å². The maximum atomic E-state index is 5.90. The fraction of sp³-hybridized carbons (Fsp3) is 0.571. The van der Waals surface area contributed by atoms with Crippen LogP contribution in [0.25, 0.3) is 0 Å². The molecule has 0 saturated carbocycles. The minimum absolute atomic E-state index is 0.110. The topological polar surface area (TPSA) is 59.0 Å². The molecule has 1 saturated heterocycles. The molecule has 1 fully saturated rings. The van der Waals surface area contributed by atoms with Crippen LogP contribution in [-0.4, -0.2) is 44.8 Å². The van der Waals surface area contributed by atoms with Gasteiger partial charge in [-0.25, -0.2) is 4.98 Å². The zero-order valence-corrected chi connectivity index (χ0v) is 12.0. The number of nitrogens with one attached hydrogen (secondary N) is 1. The van der Waals surface area contributed by atoms with Gasteiger partial charge in [-0.1, -0.05) is 0 Å². The summed E-state index contributed by atoms with van der Waals surface area (Å²) in [5.41, 5.74) is 1.14. The summed E-state index contributed by atoms with van der Waals surface area (Å²) in [7, 11) is 4.16. The molecule has 2 atom stereocenters. The summed E-state index contributed by atoms with van der Waals surface area (Å²) in [5.74, 6) is 1.52. The first kappa shape index (κ1) is 13.3. The first-order chi connectivity index (χ1) is 9.74. The lowest BCUT2D eigenvalue weighted by molar-refractivity contribution is 0.0715. The van der Waals surface area contributed by atoms with Gasteiger partial charge in [-0.2, -0.15) is 5.10 Å². The summed E-state index contributed by atoms with van der Waals surface area (Å²) < 4.78 is 7.95. The minimum atomic E-state index is 0.110. The van der Waals surface area contributed by atoms with E-state index in [2.05, 4.69) is 31.7 Å². The number of hydrogen-bond donors (Lipinski definition) is 1. The summed E-state index contributed by atoms with van der Waals surface area (Å²) in [6, 6.07) is 2.01. The highest BCUT2D eigenvalue weighted by Crippen LogP contribution is 2.33. The molecule has 20 heavy (non-hydrogen) atoms. The van der Waals surface area contributed by atoms with Crippen molar-refractivity contribution in [3.05, 3.63) is 36.2 Å². The van der Waals surface area contributed by atoms with Gasteiger partial charge < -0.3 is 14.2 Å². The second-order valence-electron chi connectivity index (χ2n) is 5.52. The summed E-state index contributed by atoms with van der Waals surface area (Å²) in [6.45, 7) is 2.69. The highest BCUT2D eigenvalue weighted by molar-refractivity contribution is 5.01. The molecule has 1 aliphatic rings. The van der Waals surface area contributed by atoms with Crippen molar-refractivity contribution in [2.45, 2.75) is 19.1 Å². The number of aromatic nitrogens is 4. The Kier molecular flexibility index (Phi) is 3.84. The van der Waals surface area contributed by atoms with E-state index < -0.39 is 0 Å². The zero-order chi connectivity index (χ0) is 13.9. The molecule has 2 aromatic rings. The Morgan fingerprint density at radius 2 is 2.40 bits per heavy atom. The standard InChI is InChI=1S/C14H21N5O/c1-18(10-12-3-5-16-17-12)9-11-4-8-20-13(11)14-15-6-7-19(14)2/h3,5-7,11,13H,4,8-10H2,1-2H3,(H,16,17)/t11-,13+/m0/s1. The monoisotopic (exact) mass is 275 g/mol. The van der Waals surface area contributed by atoms with E-state index in [4.69, 9.17) is 4.74 Å². The second kappa shape index (κ2) is 5.76. The molecular weight excluding hydrogens is 254 g/mol. The molecule has 1 N–H and O–H groups in total. The highest BCUT2D eigenvalue weighted by Gasteiger charge is 2.33. The van der Waals surface area contributed by atoms with Crippen LogP contribution in [0.3, 0.4) is 0 Å². The molecule has 0 radical (unpaired) electrons. The third-order valence-electron chi connectivity index (χ3n) is 3.87. The van der Waals surface area contributed by atoms with Gasteiger partial charge in [-0.3, -0.25) is 5.10 Å². The Labute approximate surface area is 118 Å². The van der Waals surface area contributed by atoms with Crippen LogP contribution in [0.4, 0.5) is 0 Å². The molecule has 0 spiro atoms. The molecule has 0 aliphatic carbocycles. The van der Waals surface area contributed by atoms with E-state index in [0.29, 0.717) is 5.92 Å². The lowest BCUT2D eigenvalue weighted by Gasteiger charge is -2.24. The first-order valence-electron chi connectivity index (χ1n) is 6.99. The van der Waals surface area contributed by atoms with E-state index in [9.17, 15) is 0 Å². The SMILES string of the molecule is CN(Cc1ccn[nH]1)C[C@@H]1CCO[C@H]1c1nccn1C. The highest BCUT2D eigenvalue weighted by atomic mass is 16.5. The molecule has 6 nitrogen and oxygen atoms in total. The minimum Gasteiger partial charge on any atom is -0.370 e. The van der Waals surface area contributed by atoms with Crippen LogP contribution in [0.2, 0.25) is 0 Å². The summed E-state index contributed by atoms with van der Waals surface area (Å²) in [6.07, 6.45) is 6.80. The van der Waals surface area contributed by atoms with Crippen LogP contribution in [-0.2, 0) is 18.3 Å². The van der Waals surface area contributed by atoms with Crippen molar-refractivity contribution in [1.82, 2.24) is 24.6 Å². The number of H-pyrrole nitrogens is 1. The lowest BCUT2D eigenvalue weighted by Crippen LogP contribution is -2.28. The summed E-state index contributed by atoms with van der Waals surface area (Å²) in [4.78, 5) is 6.74. The average Bonchev–Trinajstić information content (AvgIpc) is 3.11. The fourth-order valence-electron chi connectivity index (χ4n) is 2.89. The van der Waals surface area contributed by atoms with Crippen molar-refractivity contribution in [2.24, 2.45) is 13.0 Å². The Hall–Kier alpha value is -1.66. The van der Waals surface area contributed by atoms with Crippen LogP contribution in [0, 0.1) is 5.92 Å². The van der Waals surface area contributed by atoms with Gasteiger partial charge in [0.15, 0.2) is 0 Å². The van der Waals surface area contributed by atoms with E-state index in [1.54, 1.807) is 6.20 Å². The Bertz CT molecular complexity index is 536. The molecule has 2 aromatic heterocycles. The average molecular weight is 275 g/mol. The number of aryl methyl sites for hydroxylation is 1. The number of rotatable bonds is 5. The maximum Gasteiger partial charge on any atom is 0.137 e. The first-order valence-corrected chi connectivity index (χ1v) is 6.99. The van der Waals surface area contributed by atoms with Gasteiger partial charge in [0.05, 0.1) is 0 Å². The van der Waals surface area contributed by atoms with Crippen LogP contribution in [0.15, 0.2) is 24.7 Å².